The molecule has 6 heteroatoms. The van der Waals surface area contributed by atoms with Gasteiger partial charge in [-0.15, -0.1) is 0 Å². The highest BCUT2D eigenvalue weighted by atomic mass is 16.5. The minimum Gasteiger partial charge on any atom is -0.367 e. The lowest BCUT2D eigenvalue weighted by molar-refractivity contribution is -0.145. The fraction of sp³-hybridized carbons (Fsp3) is 0.519. The van der Waals surface area contributed by atoms with E-state index in [0.29, 0.717) is 38.2 Å². The van der Waals surface area contributed by atoms with E-state index < -0.39 is 5.60 Å². The normalized spacial score (nSPS) is 22.2. The first-order valence-electron chi connectivity index (χ1n) is 11.9. The third-order valence-electron chi connectivity index (χ3n) is 6.90. The maximum absolute atomic E-state index is 13.9. The number of rotatable bonds is 5. The van der Waals surface area contributed by atoms with Gasteiger partial charge in [-0.1, -0.05) is 36.4 Å². The number of nitrogens with zero attached hydrogens (tertiary/aromatic N) is 3. The van der Waals surface area contributed by atoms with Crippen LogP contribution >= 0.6 is 0 Å². The number of carbonyl (C=O) groups excluding carboxylic acids is 2. The summed E-state index contributed by atoms with van der Waals surface area (Å²) in [6, 6.07) is 15.5. The van der Waals surface area contributed by atoms with Gasteiger partial charge >= 0.3 is 0 Å². The Bertz CT molecular complexity index is 967. The second-order valence-corrected chi connectivity index (χ2v) is 10.4. The van der Waals surface area contributed by atoms with Gasteiger partial charge in [-0.3, -0.25) is 14.6 Å². The molecule has 3 heterocycles. The van der Waals surface area contributed by atoms with E-state index >= 15 is 0 Å². The first kappa shape index (κ1) is 23.4. The number of hydrogen-bond donors (Lipinski definition) is 0. The number of ether oxygens (including phenoxy) is 1. The van der Waals surface area contributed by atoms with Gasteiger partial charge in [0.05, 0.1) is 17.2 Å². The third kappa shape index (κ3) is 5.27. The fourth-order valence-electron chi connectivity index (χ4n) is 5.36. The molecule has 2 fully saturated rings. The molecule has 0 spiro atoms. The molecule has 1 aromatic heterocycles. The molecule has 2 aliphatic rings. The Hall–Kier alpha value is -2.73. The topological polar surface area (TPSA) is 62.7 Å². The van der Waals surface area contributed by atoms with Crippen LogP contribution in [0.25, 0.3) is 0 Å². The van der Waals surface area contributed by atoms with Gasteiger partial charge in [0.1, 0.15) is 5.69 Å². The molecule has 4 rings (SSSR count). The zero-order chi connectivity index (χ0) is 23.6. The van der Waals surface area contributed by atoms with Crippen LogP contribution in [0.15, 0.2) is 54.7 Å². The van der Waals surface area contributed by atoms with E-state index in [1.165, 1.54) is 0 Å². The Morgan fingerprint density at radius 3 is 2.27 bits per heavy atom. The number of carbonyl (C=O) groups is 2. The second kappa shape index (κ2) is 9.26. The molecule has 33 heavy (non-hydrogen) atoms. The van der Waals surface area contributed by atoms with Gasteiger partial charge < -0.3 is 14.5 Å². The van der Waals surface area contributed by atoms with Crippen LogP contribution < -0.4 is 0 Å². The number of hydrogen-bond acceptors (Lipinski definition) is 4. The molecular formula is C27H35N3O3. The molecule has 176 valence electrons. The highest BCUT2D eigenvalue weighted by molar-refractivity contribution is 5.92. The van der Waals surface area contributed by atoms with Crippen LogP contribution in [0, 0.1) is 5.92 Å². The van der Waals surface area contributed by atoms with Gasteiger partial charge in [0.2, 0.25) is 5.91 Å². The molecule has 0 bridgehead atoms. The molecule has 2 aromatic rings. The van der Waals surface area contributed by atoms with E-state index in [4.69, 9.17) is 4.74 Å². The number of benzene rings is 1. The molecule has 0 radical (unpaired) electrons. The van der Waals surface area contributed by atoms with E-state index in [0.717, 1.165) is 12.0 Å². The first-order chi connectivity index (χ1) is 15.7. The number of likely N-dealkylation sites (tertiary alicyclic amines) is 1. The SMILES string of the molecule is CC1(C)C[C@@H](N(Cc2ccccc2)C(=O)C2CCN(C(=O)c3ccccn3)CC2)C(C)(C)O1. The number of piperidine rings is 1. The molecule has 1 atom stereocenters. The Morgan fingerprint density at radius 1 is 1.03 bits per heavy atom. The predicted molar refractivity (Wildman–Crippen MR) is 128 cm³/mol. The molecule has 1 aromatic carbocycles. The van der Waals surface area contributed by atoms with E-state index in [1.54, 1.807) is 18.3 Å². The van der Waals surface area contributed by atoms with Crippen molar-refractivity contribution in [3.63, 3.8) is 0 Å². The van der Waals surface area contributed by atoms with Crippen molar-refractivity contribution in [2.75, 3.05) is 13.1 Å². The minimum atomic E-state index is -0.427. The minimum absolute atomic E-state index is 0.00612. The molecule has 2 aliphatic heterocycles. The lowest BCUT2D eigenvalue weighted by atomic mass is 9.89. The van der Waals surface area contributed by atoms with Crippen molar-refractivity contribution in [3.05, 3.63) is 66.0 Å². The Kier molecular flexibility index (Phi) is 6.57. The Labute approximate surface area is 196 Å². The summed E-state index contributed by atoms with van der Waals surface area (Å²) in [4.78, 5) is 34.7. The number of aromatic nitrogens is 1. The summed E-state index contributed by atoms with van der Waals surface area (Å²) >= 11 is 0. The summed E-state index contributed by atoms with van der Waals surface area (Å²) in [6.45, 7) is 10.1. The van der Waals surface area contributed by atoms with E-state index in [-0.39, 0.29) is 29.4 Å². The molecule has 2 amide bonds. The zero-order valence-electron chi connectivity index (χ0n) is 20.2. The smallest absolute Gasteiger partial charge is 0.272 e. The average molecular weight is 450 g/mol. The summed E-state index contributed by atoms with van der Waals surface area (Å²) in [5.74, 6) is 0.0129. The lowest BCUT2D eigenvalue weighted by Crippen LogP contribution is -2.52. The van der Waals surface area contributed by atoms with Gasteiger partial charge in [0, 0.05) is 31.7 Å². The van der Waals surface area contributed by atoms with Crippen LogP contribution in [-0.2, 0) is 16.1 Å². The van der Waals surface area contributed by atoms with Crippen LogP contribution in [0.1, 0.15) is 63.0 Å². The summed E-state index contributed by atoms with van der Waals surface area (Å²) in [5.41, 5.74) is 0.875. The van der Waals surface area contributed by atoms with Crippen molar-refractivity contribution >= 4 is 11.8 Å². The number of amides is 2. The summed E-state index contributed by atoms with van der Waals surface area (Å²) in [6.07, 6.45) is 3.77. The first-order valence-corrected chi connectivity index (χ1v) is 11.9. The van der Waals surface area contributed by atoms with Crippen molar-refractivity contribution in [2.24, 2.45) is 5.92 Å². The molecule has 0 aliphatic carbocycles. The maximum atomic E-state index is 13.9. The molecule has 0 saturated carbocycles. The Morgan fingerprint density at radius 2 is 1.70 bits per heavy atom. The standard InChI is InChI=1S/C27H35N3O3/c1-26(2)18-23(27(3,4)33-26)30(19-20-10-6-5-7-11-20)24(31)21-13-16-29(17-14-21)25(32)22-12-8-9-15-28-22/h5-12,15,21,23H,13-14,16-19H2,1-4H3/t23-/m1/s1. The number of pyridine rings is 1. The molecule has 2 saturated heterocycles. The second-order valence-electron chi connectivity index (χ2n) is 10.4. The third-order valence-corrected chi connectivity index (χ3v) is 6.90. The van der Waals surface area contributed by atoms with Crippen LogP contribution in [0.3, 0.4) is 0 Å². The lowest BCUT2D eigenvalue weighted by Gasteiger charge is -2.40. The van der Waals surface area contributed by atoms with Crippen molar-refractivity contribution < 1.29 is 14.3 Å². The molecular weight excluding hydrogens is 414 g/mol. The van der Waals surface area contributed by atoms with Crippen molar-refractivity contribution in [3.8, 4) is 0 Å². The van der Waals surface area contributed by atoms with Crippen molar-refractivity contribution in [1.29, 1.82) is 0 Å². The average Bonchev–Trinajstić information content (AvgIpc) is 3.04. The van der Waals surface area contributed by atoms with Gasteiger partial charge in [0.15, 0.2) is 0 Å². The van der Waals surface area contributed by atoms with Gasteiger partial charge in [0.25, 0.3) is 5.91 Å². The highest BCUT2D eigenvalue weighted by Crippen LogP contribution is 2.41. The van der Waals surface area contributed by atoms with Crippen LogP contribution in [0.2, 0.25) is 0 Å². The van der Waals surface area contributed by atoms with E-state index in [2.05, 4.69) is 44.8 Å². The Balaban J connectivity index is 1.49. The van der Waals surface area contributed by atoms with Gasteiger partial charge in [-0.25, -0.2) is 0 Å². The van der Waals surface area contributed by atoms with Crippen LogP contribution in [0.5, 0.6) is 0 Å². The maximum Gasteiger partial charge on any atom is 0.272 e. The molecule has 0 unspecified atom stereocenters. The van der Waals surface area contributed by atoms with Crippen LogP contribution in [0.4, 0.5) is 0 Å². The van der Waals surface area contributed by atoms with Crippen LogP contribution in [-0.4, -0.2) is 56.9 Å². The predicted octanol–water partition coefficient (Wildman–Crippen LogP) is 4.31. The quantitative estimate of drug-likeness (QED) is 0.682. The molecule has 0 N–H and O–H groups in total. The summed E-state index contributed by atoms with van der Waals surface area (Å²) in [7, 11) is 0. The largest absolute Gasteiger partial charge is 0.367 e. The monoisotopic (exact) mass is 449 g/mol. The van der Waals surface area contributed by atoms with Crippen molar-refractivity contribution in [2.45, 2.75) is 70.7 Å². The highest BCUT2D eigenvalue weighted by Gasteiger charge is 2.50. The van der Waals surface area contributed by atoms with Gasteiger partial charge in [-0.05, 0) is 64.7 Å². The zero-order valence-corrected chi connectivity index (χ0v) is 20.2. The van der Waals surface area contributed by atoms with Gasteiger partial charge in [-0.2, -0.15) is 0 Å². The van der Waals surface area contributed by atoms with E-state index in [1.807, 2.05) is 34.1 Å². The molecule has 6 nitrogen and oxygen atoms in total. The fourth-order valence-corrected chi connectivity index (χ4v) is 5.36. The summed E-state index contributed by atoms with van der Waals surface area (Å²) < 4.78 is 6.35. The summed E-state index contributed by atoms with van der Waals surface area (Å²) in [5, 5.41) is 0. The van der Waals surface area contributed by atoms with E-state index in [9.17, 15) is 9.59 Å². The van der Waals surface area contributed by atoms with Crippen molar-refractivity contribution in [1.82, 2.24) is 14.8 Å².